The van der Waals surface area contributed by atoms with E-state index in [2.05, 4.69) is 0 Å². The highest BCUT2D eigenvalue weighted by molar-refractivity contribution is 4.75. The molecular weight excluding hydrogens is 163 g/mol. The Kier molecular flexibility index (Phi) is 2.47. The SMILES string of the molecule is CC(C)(C[N+](=O)[O-])C(F)(F)F. The molecule has 11 heavy (non-hydrogen) atoms. The lowest BCUT2D eigenvalue weighted by atomic mass is 9.93. The van der Waals surface area contributed by atoms with Gasteiger partial charge in [0.15, 0.2) is 0 Å². The van der Waals surface area contributed by atoms with E-state index in [9.17, 15) is 23.3 Å². The molecule has 0 spiro atoms. The lowest BCUT2D eigenvalue weighted by Gasteiger charge is -2.22. The molecule has 0 aromatic carbocycles. The van der Waals surface area contributed by atoms with Crippen molar-refractivity contribution in [2.45, 2.75) is 20.0 Å². The minimum absolute atomic E-state index is 0.801. The molecule has 3 nitrogen and oxygen atoms in total. The third-order valence-electron chi connectivity index (χ3n) is 1.29. The Morgan fingerprint density at radius 2 is 1.73 bits per heavy atom. The summed E-state index contributed by atoms with van der Waals surface area (Å²) < 4.78 is 35.7. The summed E-state index contributed by atoms with van der Waals surface area (Å²) in [5.41, 5.74) is -2.24. The summed E-state index contributed by atoms with van der Waals surface area (Å²) in [6, 6.07) is 0. The van der Waals surface area contributed by atoms with Crippen molar-refractivity contribution in [3.8, 4) is 0 Å². The molecule has 0 aliphatic heterocycles. The number of nitro groups is 1. The van der Waals surface area contributed by atoms with Crippen molar-refractivity contribution in [3.05, 3.63) is 10.1 Å². The molecule has 0 bridgehead atoms. The lowest BCUT2D eigenvalue weighted by Crippen LogP contribution is -2.38. The van der Waals surface area contributed by atoms with Crippen LogP contribution >= 0.6 is 0 Å². The van der Waals surface area contributed by atoms with Gasteiger partial charge in [-0.2, -0.15) is 13.2 Å². The normalized spacial score (nSPS) is 13.2. The van der Waals surface area contributed by atoms with Crippen LogP contribution in [0.25, 0.3) is 0 Å². The number of halogens is 3. The maximum atomic E-state index is 11.9. The fourth-order valence-electron chi connectivity index (χ4n) is 0.412. The van der Waals surface area contributed by atoms with Gasteiger partial charge in [-0.1, -0.05) is 0 Å². The summed E-state index contributed by atoms with van der Waals surface area (Å²) >= 11 is 0. The molecule has 0 saturated heterocycles. The number of alkyl halides is 3. The average molecular weight is 171 g/mol. The zero-order chi connectivity index (χ0) is 9.28. The van der Waals surface area contributed by atoms with Crippen LogP contribution in [0.2, 0.25) is 0 Å². The highest BCUT2D eigenvalue weighted by Crippen LogP contribution is 2.37. The van der Waals surface area contributed by atoms with E-state index >= 15 is 0 Å². The number of rotatable bonds is 2. The molecule has 0 aromatic heterocycles. The summed E-state index contributed by atoms with van der Waals surface area (Å²) in [6.07, 6.45) is -4.51. The second-order valence-corrected chi connectivity index (χ2v) is 2.87. The zero-order valence-electron chi connectivity index (χ0n) is 6.10. The van der Waals surface area contributed by atoms with Gasteiger partial charge in [0, 0.05) is 4.92 Å². The van der Waals surface area contributed by atoms with Crippen LogP contribution in [0.1, 0.15) is 13.8 Å². The van der Waals surface area contributed by atoms with E-state index in [4.69, 9.17) is 0 Å². The topological polar surface area (TPSA) is 43.1 Å². The summed E-state index contributed by atoms with van der Waals surface area (Å²) in [6.45, 7) is 0.516. The summed E-state index contributed by atoms with van der Waals surface area (Å²) in [7, 11) is 0. The molecule has 0 aliphatic rings. The van der Waals surface area contributed by atoms with Crippen LogP contribution in [0.3, 0.4) is 0 Å². The van der Waals surface area contributed by atoms with Gasteiger partial charge in [0.25, 0.3) is 0 Å². The van der Waals surface area contributed by atoms with Gasteiger partial charge in [0.05, 0.1) is 0 Å². The smallest absolute Gasteiger partial charge is 0.265 e. The van der Waals surface area contributed by atoms with Crippen molar-refractivity contribution in [1.29, 1.82) is 0 Å². The second-order valence-electron chi connectivity index (χ2n) is 2.87. The van der Waals surface area contributed by atoms with Gasteiger partial charge in [-0.05, 0) is 13.8 Å². The Bertz CT molecular complexity index is 164. The van der Waals surface area contributed by atoms with E-state index in [0.29, 0.717) is 0 Å². The molecular formula is C5H8F3NO2. The minimum atomic E-state index is -4.51. The Morgan fingerprint density at radius 1 is 1.36 bits per heavy atom. The van der Waals surface area contributed by atoms with Gasteiger partial charge >= 0.3 is 6.18 Å². The van der Waals surface area contributed by atoms with E-state index in [1.54, 1.807) is 0 Å². The maximum absolute atomic E-state index is 11.9. The molecule has 0 atom stereocenters. The molecule has 6 heteroatoms. The van der Waals surface area contributed by atoms with Crippen LogP contribution in [0, 0.1) is 15.5 Å². The first-order chi connectivity index (χ1) is 4.67. The predicted octanol–water partition coefficient (Wildman–Crippen LogP) is 1.85. The first-order valence-corrected chi connectivity index (χ1v) is 2.85. The second kappa shape index (κ2) is 2.67. The highest BCUT2D eigenvalue weighted by Gasteiger charge is 2.50. The van der Waals surface area contributed by atoms with E-state index in [1.165, 1.54) is 0 Å². The van der Waals surface area contributed by atoms with Crippen molar-refractivity contribution in [3.63, 3.8) is 0 Å². The van der Waals surface area contributed by atoms with Crippen molar-refractivity contribution < 1.29 is 18.1 Å². The first kappa shape index (κ1) is 10.2. The van der Waals surface area contributed by atoms with Gasteiger partial charge in [-0.3, -0.25) is 10.1 Å². The van der Waals surface area contributed by atoms with Gasteiger partial charge in [0.2, 0.25) is 6.54 Å². The largest absolute Gasteiger partial charge is 0.400 e. The molecule has 0 unspecified atom stereocenters. The zero-order valence-corrected chi connectivity index (χ0v) is 6.10. The van der Waals surface area contributed by atoms with Crippen LogP contribution in [0.15, 0.2) is 0 Å². The van der Waals surface area contributed by atoms with E-state index in [0.717, 1.165) is 13.8 Å². The van der Waals surface area contributed by atoms with E-state index < -0.39 is 23.1 Å². The summed E-state index contributed by atoms with van der Waals surface area (Å²) in [5, 5.41) is 9.77. The van der Waals surface area contributed by atoms with Gasteiger partial charge in [0.1, 0.15) is 5.41 Å². The Labute approximate surface area is 61.3 Å². The Balaban J connectivity index is 4.34. The first-order valence-electron chi connectivity index (χ1n) is 2.85. The molecule has 0 N–H and O–H groups in total. The maximum Gasteiger partial charge on any atom is 0.400 e. The Morgan fingerprint density at radius 3 is 1.82 bits per heavy atom. The van der Waals surface area contributed by atoms with E-state index in [1.807, 2.05) is 0 Å². The number of hydrogen-bond donors (Lipinski definition) is 0. The quantitative estimate of drug-likeness (QED) is 0.470. The minimum Gasteiger partial charge on any atom is -0.265 e. The van der Waals surface area contributed by atoms with Crippen LogP contribution < -0.4 is 0 Å². The Hall–Kier alpha value is -0.810. The van der Waals surface area contributed by atoms with Crippen molar-refractivity contribution in [1.82, 2.24) is 0 Å². The summed E-state index contributed by atoms with van der Waals surface area (Å²) in [5.74, 6) is 0. The molecule has 0 rings (SSSR count). The monoisotopic (exact) mass is 171 g/mol. The molecule has 0 radical (unpaired) electrons. The molecule has 0 saturated carbocycles. The number of nitrogens with zero attached hydrogens (tertiary/aromatic N) is 1. The standard InChI is InChI=1S/C5H8F3NO2/c1-4(2,3-9(10)11)5(6,7)8/h3H2,1-2H3. The van der Waals surface area contributed by atoms with Crippen LogP contribution in [0.4, 0.5) is 13.2 Å². The van der Waals surface area contributed by atoms with Crippen molar-refractivity contribution in [2.24, 2.45) is 5.41 Å². The number of hydrogen-bond acceptors (Lipinski definition) is 2. The summed E-state index contributed by atoms with van der Waals surface area (Å²) in [4.78, 5) is 8.80. The fourth-order valence-corrected chi connectivity index (χ4v) is 0.412. The fraction of sp³-hybridized carbons (Fsp3) is 1.00. The van der Waals surface area contributed by atoms with E-state index in [-0.39, 0.29) is 0 Å². The molecule has 0 amide bonds. The molecule has 0 heterocycles. The molecule has 66 valence electrons. The van der Waals surface area contributed by atoms with Crippen LogP contribution in [-0.4, -0.2) is 17.6 Å². The van der Waals surface area contributed by atoms with Gasteiger partial charge in [-0.15, -0.1) is 0 Å². The van der Waals surface area contributed by atoms with Crippen molar-refractivity contribution in [2.75, 3.05) is 6.54 Å². The predicted molar refractivity (Wildman–Crippen MR) is 31.7 cm³/mol. The van der Waals surface area contributed by atoms with Crippen LogP contribution in [0.5, 0.6) is 0 Å². The molecule has 0 aliphatic carbocycles. The molecule has 0 aromatic rings. The highest BCUT2D eigenvalue weighted by atomic mass is 19.4. The van der Waals surface area contributed by atoms with Gasteiger partial charge < -0.3 is 0 Å². The lowest BCUT2D eigenvalue weighted by molar-refractivity contribution is -0.508. The van der Waals surface area contributed by atoms with Crippen LogP contribution in [-0.2, 0) is 0 Å². The third-order valence-corrected chi connectivity index (χ3v) is 1.29. The van der Waals surface area contributed by atoms with Gasteiger partial charge in [-0.25, -0.2) is 0 Å². The molecule has 0 fully saturated rings. The average Bonchev–Trinajstić information content (AvgIpc) is 1.56. The third kappa shape index (κ3) is 2.73. The van der Waals surface area contributed by atoms with Crippen molar-refractivity contribution >= 4 is 0 Å².